The van der Waals surface area contributed by atoms with Gasteiger partial charge in [-0.2, -0.15) is 5.26 Å². The number of hydrogen-bond acceptors (Lipinski definition) is 4. The maximum absolute atomic E-state index is 11.9. The van der Waals surface area contributed by atoms with Crippen LogP contribution in [-0.4, -0.2) is 9.55 Å². The summed E-state index contributed by atoms with van der Waals surface area (Å²) in [7, 11) is 0. The van der Waals surface area contributed by atoms with Crippen LogP contribution in [0.4, 0.5) is 0 Å². The summed E-state index contributed by atoms with van der Waals surface area (Å²) >= 11 is 1.47. The van der Waals surface area contributed by atoms with Gasteiger partial charge in [0.1, 0.15) is 4.83 Å². The van der Waals surface area contributed by atoms with E-state index in [9.17, 15) is 4.79 Å². The Morgan fingerprint density at radius 2 is 2.38 bits per heavy atom. The molecule has 0 aliphatic carbocycles. The van der Waals surface area contributed by atoms with Crippen molar-refractivity contribution >= 4 is 21.6 Å². The first-order chi connectivity index (χ1) is 7.83. The lowest BCUT2D eigenvalue weighted by Crippen LogP contribution is -2.19. The third-order valence-corrected chi connectivity index (χ3v) is 3.21. The van der Waals surface area contributed by atoms with Gasteiger partial charge in [0.05, 0.1) is 17.8 Å². The van der Waals surface area contributed by atoms with Gasteiger partial charge < -0.3 is 0 Å². The minimum atomic E-state index is 0.0169. The van der Waals surface area contributed by atoms with Crippen LogP contribution in [0, 0.1) is 11.3 Å². The smallest absolute Gasteiger partial charge is 0.262 e. The Hall–Kier alpha value is -1.67. The van der Waals surface area contributed by atoms with Crippen molar-refractivity contribution in [2.75, 3.05) is 0 Å². The molecule has 2 rings (SSSR count). The maximum Gasteiger partial charge on any atom is 0.262 e. The molecule has 4 nitrogen and oxygen atoms in total. The fourth-order valence-electron chi connectivity index (χ4n) is 1.54. The average Bonchev–Trinajstić information content (AvgIpc) is 2.76. The molecule has 16 heavy (non-hydrogen) atoms. The second-order valence-electron chi connectivity index (χ2n) is 3.50. The number of aromatic nitrogens is 2. The van der Waals surface area contributed by atoms with Gasteiger partial charge in [-0.05, 0) is 24.3 Å². The van der Waals surface area contributed by atoms with Gasteiger partial charge in [-0.1, -0.05) is 0 Å². The molecule has 0 spiro atoms. The highest BCUT2D eigenvalue weighted by molar-refractivity contribution is 7.16. The number of nitrogens with zero attached hydrogens (tertiary/aromatic N) is 3. The summed E-state index contributed by atoms with van der Waals surface area (Å²) in [4.78, 5) is 16.9. The first-order valence-electron chi connectivity index (χ1n) is 5.12. The number of unbranched alkanes of at least 4 members (excludes halogenated alkanes) is 2. The summed E-state index contributed by atoms with van der Waals surface area (Å²) in [5.41, 5.74) is 0.0169. The molecule has 0 aliphatic rings. The van der Waals surface area contributed by atoms with Crippen molar-refractivity contribution in [2.45, 2.75) is 25.8 Å². The van der Waals surface area contributed by atoms with E-state index in [1.807, 2.05) is 5.38 Å². The van der Waals surface area contributed by atoms with Crippen LogP contribution in [0.15, 0.2) is 22.6 Å². The molecule has 0 N–H and O–H groups in total. The molecular weight excluding hydrogens is 222 g/mol. The molecule has 0 saturated heterocycles. The lowest BCUT2D eigenvalue weighted by atomic mass is 10.2. The molecule has 0 aromatic carbocycles. The summed E-state index contributed by atoms with van der Waals surface area (Å²) < 4.78 is 1.62. The standard InChI is InChI=1S/C11H11N3OS/c12-5-2-1-3-6-14-8-13-10-9(11(14)15)4-7-16-10/h4,7-8H,1-3,6H2. The van der Waals surface area contributed by atoms with E-state index in [2.05, 4.69) is 11.1 Å². The van der Waals surface area contributed by atoms with Crippen molar-refractivity contribution in [3.8, 4) is 6.07 Å². The number of aryl methyl sites for hydroxylation is 1. The molecule has 5 heteroatoms. The molecule has 0 atom stereocenters. The molecule has 0 radical (unpaired) electrons. The Balaban J connectivity index is 2.16. The lowest BCUT2D eigenvalue weighted by molar-refractivity contribution is 0.596. The quantitative estimate of drug-likeness (QED) is 0.760. The van der Waals surface area contributed by atoms with E-state index in [-0.39, 0.29) is 5.56 Å². The van der Waals surface area contributed by atoms with Gasteiger partial charge in [-0.15, -0.1) is 11.3 Å². The van der Waals surface area contributed by atoms with Gasteiger partial charge in [0, 0.05) is 13.0 Å². The largest absolute Gasteiger partial charge is 0.299 e. The van der Waals surface area contributed by atoms with Crippen molar-refractivity contribution in [3.05, 3.63) is 28.1 Å². The molecule has 0 bridgehead atoms. The lowest BCUT2D eigenvalue weighted by Gasteiger charge is -2.03. The monoisotopic (exact) mass is 233 g/mol. The van der Waals surface area contributed by atoms with Crippen LogP contribution in [0.2, 0.25) is 0 Å². The normalized spacial score (nSPS) is 10.4. The van der Waals surface area contributed by atoms with Crippen LogP contribution < -0.4 is 5.56 Å². The number of thiophene rings is 1. The van der Waals surface area contributed by atoms with Crippen molar-refractivity contribution in [2.24, 2.45) is 0 Å². The van der Waals surface area contributed by atoms with Gasteiger partial charge in [-0.25, -0.2) is 4.98 Å². The van der Waals surface area contributed by atoms with Crippen LogP contribution >= 0.6 is 11.3 Å². The van der Waals surface area contributed by atoms with E-state index in [0.29, 0.717) is 18.4 Å². The van der Waals surface area contributed by atoms with E-state index in [0.717, 1.165) is 17.7 Å². The Morgan fingerprint density at radius 1 is 1.50 bits per heavy atom. The second-order valence-corrected chi connectivity index (χ2v) is 4.39. The van der Waals surface area contributed by atoms with Gasteiger partial charge in [0.15, 0.2) is 0 Å². The average molecular weight is 233 g/mol. The predicted molar refractivity (Wildman–Crippen MR) is 63.3 cm³/mol. The third-order valence-electron chi connectivity index (χ3n) is 2.39. The van der Waals surface area contributed by atoms with Gasteiger partial charge in [0.2, 0.25) is 0 Å². The molecule has 0 amide bonds. The third kappa shape index (κ3) is 2.12. The fraction of sp³-hybridized carbons (Fsp3) is 0.364. The van der Waals surface area contributed by atoms with Crippen LogP contribution in [0.1, 0.15) is 19.3 Å². The topological polar surface area (TPSA) is 58.7 Å². The van der Waals surface area contributed by atoms with E-state index in [4.69, 9.17) is 5.26 Å². The van der Waals surface area contributed by atoms with Crippen molar-refractivity contribution in [1.82, 2.24) is 9.55 Å². The maximum atomic E-state index is 11.9. The second kappa shape index (κ2) is 4.90. The van der Waals surface area contributed by atoms with Crippen molar-refractivity contribution in [3.63, 3.8) is 0 Å². The number of fused-ring (bicyclic) bond motifs is 1. The highest BCUT2D eigenvalue weighted by Crippen LogP contribution is 2.13. The van der Waals surface area contributed by atoms with E-state index >= 15 is 0 Å². The van der Waals surface area contributed by atoms with E-state index < -0.39 is 0 Å². The van der Waals surface area contributed by atoms with Gasteiger partial charge >= 0.3 is 0 Å². The SMILES string of the molecule is N#CCCCCn1cnc2sccc2c1=O. The molecule has 0 unspecified atom stereocenters. The molecule has 2 heterocycles. The predicted octanol–water partition coefficient (Wildman–Crippen LogP) is 2.15. The molecule has 2 aromatic heterocycles. The minimum Gasteiger partial charge on any atom is -0.299 e. The van der Waals surface area contributed by atoms with E-state index in [1.54, 1.807) is 17.0 Å². The van der Waals surface area contributed by atoms with E-state index in [1.165, 1.54) is 11.3 Å². The summed E-state index contributed by atoms with van der Waals surface area (Å²) in [6.07, 6.45) is 3.80. The highest BCUT2D eigenvalue weighted by atomic mass is 32.1. The molecule has 0 fully saturated rings. The molecule has 82 valence electrons. The van der Waals surface area contributed by atoms with Crippen LogP contribution in [0.5, 0.6) is 0 Å². The molecular formula is C11H11N3OS. The summed E-state index contributed by atoms with van der Waals surface area (Å²) in [6.45, 7) is 0.638. The zero-order valence-corrected chi connectivity index (χ0v) is 9.54. The van der Waals surface area contributed by atoms with Crippen LogP contribution in [0.3, 0.4) is 0 Å². The Labute approximate surface area is 96.8 Å². The summed E-state index contributed by atoms with van der Waals surface area (Å²) in [5, 5.41) is 11.0. The first-order valence-corrected chi connectivity index (χ1v) is 6.00. The zero-order chi connectivity index (χ0) is 11.4. The molecule has 0 aliphatic heterocycles. The Morgan fingerprint density at radius 3 is 3.19 bits per heavy atom. The summed E-state index contributed by atoms with van der Waals surface area (Å²) in [5.74, 6) is 0. The molecule has 0 saturated carbocycles. The van der Waals surface area contributed by atoms with Gasteiger partial charge in [0.25, 0.3) is 5.56 Å². The zero-order valence-electron chi connectivity index (χ0n) is 8.72. The number of rotatable bonds is 4. The Kier molecular flexibility index (Phi) is 3.32. The van der Waals surface area contributed by atoms with Crippen molar-refractivity contribution in [1.29, 1.82) is 5.26 Å². The fourth-order valence-corrected chi connectivity index (χ4v) is 2.26. The van der Waals surface area contributed by atoms with Crippen LogP contribution in [-0.2, 0) is 6.54 Å². The van der Waals surface area contributed by atoms with Crippen molar-refractivity contribution < 1.29 is 0 Å². The highest BCUT2D eigenvalue weighted by Gasteiger charge is 2.04. The number of hydrogen-bond donors (Lipinski definition) is 0. The minimum absolute atomic E-state index is 0.0169. The number of nitriles is 1. The first kappa shape index (κ1) is 10.8. The Bertz CT molecular complexity index is 579. The molecule has 2 aromatic rings. The summed E-state index contributed by atoms with van der Waals surface area (Å²) in [6, 6.07) is 3.90. The van der Waals surface area contributed by atoms with Gasteiger partial charge in [-0.3, -0.25) is 9.36 Å². The van der Waals surface area contributed by atoms with Crippen LogP contribution in [0.25, 0.3) is 10.2 Å².